The van der Waals surface area contributed by atoms with Crippen LogP contribution in [0.15, 0.2) is 42.5 Å². The maximum Gasteiger partial charge on any atom is 0.173 e. The van der Waals surface area contributed by atoms with Crippen molar-refractivity contribution in [2.24, 2.45) is 0 Å². The van der Waals surface area contributed by atoms with Gasteiger partial charge in [0.25, 0.3) is 0 Å². The van der Waals surface area contributed by atoms with Gasteiger partial charge in [-0.05, 0) is 67.9 Å². The van der Waals surface area contributed by atoms with E-state index in [-0.39, 0.29) is 11.9 Å². The molecule has 2 aromatic rings. The highest BCUT2D eigenvalue weighted by Gasteiger charge is 2.15. The van der Waals surface area contributed by atoms with Gasteiger partial charge in [-0.1, -0.05) is 24.3 Å². The normalized spacial score (nSPS) is 11.9. The number of aryl methyl sites for hydroxylation is 2. The SMILES string of the molecule is Cc1ccc(C)c(NC(=S)N(C)C(C)c2ccc(F)cc2)c1. The summed E-state index contributed by atoms with van der Waals surface area (Å²) in [6.07, 6.45) is 0. The third kappa shape index (κ3) is 3.83. The summed E-state index contributed by atoms with van der Waals surface area (Å²) in [5, 5.41) is 3.94. The van der Waals surface area contributed by atoms with Crippen LogP contribution in [0, 0.1) is 19.7 Å². The van der Waals surface area contributed by atoms with E-state index >= 15 is 0 Å². The van der Waals surface area contributed by atoms with E-state index in [2.05, 4.69) is 30.4 Å². The summed E-state index contributed by atoms with van der Waals surface area (Å²) < 4.78 is 13.0. The van der Waals surface area contributed by atoms with E-state index in [1.165, 1.54) is 17.7 Å². The molecule has 0 radical (unpaired) electrons. The predicted octanol–water partition coefficient (Wildman–Crippen LogP) is 4.83. The van der Waals surface area contributed by atoms with E-state index in [9.17, 15) is 4.39 Å². The van der Waals surface area contributed by atoms with Crippen LogP contribution in [0.25, 0.3) is 0 Å². The van der Waals surface area contributed by atoms with Crippen LogP contribution in [0.5, 0.6) is 0 Å². The standard InChI is InChI=1S/C18H21FN2S/c1-12-5-6-13(2)17(11-12)20-18(22)21(4)14(3)15-7-9-16(19)10-8-15/h5-11,14H,1-4H3,(H,20,22). The number of nitrogens with one attached hydrogen (secondary N) is 1. The monoisotopic (exact) mass is 316 g/mol. The first kappa shape index (κ1) is 16.4. The lowest BCUT2D eigenvalue weighted by Gasteiger charge is -2.28. The fourth-order valence-electron chi connectivity index (χ4n) is 2.21. The summed E-state index contributed by atoms with van der Waals surface area (Å²) >= 11 is 5.50. The molecule has 2 aromatic carbocycles. The van der Waals surface area contributed by atoms with Crippen LogP contribution < -0.4 is 5.32 Å². The Morgan fingerprint density at radius 3 is 2.41 bits per heavy atom. The van der Waals surface area contributed by atoms with Crippen molar-refractivity contribution in [3.63, 3.8) is 0 Å². The second-order valence-corrected chi connectivity index (χ2v) is 5.97. The van der Waals surface area contributed by atoms with Gasteiger partial charge in [-0.2, -0.15) is 0 Å². The average Bonchev–Trinajstić information content (AvgIpc) is 2.50. The zero-order valence-corrected chi connectivity index (χ0v) is 14.2. The highest BCUT2D eigenvalue weighted by molar-refractivity contribution is 7.80. The molecule has 0 saturated carbocycles. The molecule has 2 nitrogen and oxygen atoms in total. The molecule has 0 saturated heterocycles. The molecule has 1 N–H and O–H groups in total. The molecule has 0 bridgehead atoms. The van der Waals surface area contributed by atoms with E-state index < -0.39 is 0 Å². The Balaban J connectivity index is 2.11. The zero-order valence-electron chi connectivity index (χ0n) is 13.4. The van der Waals surface area contributed by atoms with Crippen molar-refractivity contribution in [2.45, 2.75) is 26.8 Å². The molecule has 0 fully saturated rings. The minimum atomic E-state index is -0.227. The van der Waals surface area contributed by atoms with Crippen LogP contribution >= 0.6 is 12.2 Å². The molecule has 0 aromatic heterocycles. The van der Waals surface area contributed by atoms with E-state index in [1.54, 1.807) is 12.1 Å². The van der Waals surface area contributed by atoms with Gasteiger partial charge >= 0.3 is 0 Å². The summed E-state index contributed by atoms with van der Waals surface area (Å²) in [5.41, 5.74) is 4.37. The van der Waals surface area contributed by atoms with E-state index in [0.29, 0.717) is 5.11 Å². The number of hydrogen-bond donors (Lipinski definition) is 1. The van der Waals surface area contributed by atoms with Crippen LogP contribution in [-0.4, -0.2) is 17.1 Å². The maximum absolute atomic E-state index is 13.0. The van der Waals surface area contributed by atoms with Gasteiger partial charge in [-0.15, -0.1) is 0 Å². The molecule has 4 heteroatoms. The number of anilines is 1. The molecular weight excluding hydrogens is 295 g/mol. The first-order chi connectivity index (χ1) is 10.4. The first-order valence-electron chi connectivity index (χ1n) is 7.25. The van der Waals surface area contributed by atoms with E-state index in [4.69, 9.17) is 12.2 Å². The highest BCUT2D eigenvalue weighted by atomic mass is 32.1. The Morgan fingerprint density at radius 2 is 1.77 bits per heavy atom. The lowest BCUT2D eigenvalue weighted by Crippen LogP contribution is -2.33. The van der Waals surface area contributed by atoms with Gasteiger partial charge in [0.1, 0.15) is 5.82 Å². The van der Waals surface area contributed by atoms with Crippen molar-refractivity contribution >= 4 is 23.0 Å². The van der Waals surface area contributed by atoms with Gasteiger partial charge < -0.3 is 10.2 Å². The second-order valence-electron chi connectivity index (χ2n) is 5.59. The van der Waals surface area contributed by atoms with Crippen molar-refractivity contribution in [1.29, 1.82) is 0 Å². The van der Waals surface area contributed by atoms with Crippen LogP contribution in [0.2, 0.25) is 0 Å². The van der Waals surface area contributed by atoms with Gasteiger partial charge in [-0.3, -0.25) is 0 Å². The molecule has 0 spiro atoms. The van der Waals surface area contributed by atoms with Crippen molar-refractivity contribution in [2.75, 3.05) is 12.4 Å². The number of halogens is 1. The summed E-state index contributed by atoms with van der Waals surface area (Å²) in [6, 6.07) is 12.8. The summed E-state index contributed by atoms with van der Waals surface area (Å²) in [6.45, 7) is 6.15. The zero-order chi connectivity index (χ0) is 16.3. The van der Waals surface area contributed by atoms with Crippen molar-refractivity contribution in [1.82, 2.24) is 4.90 Å². The second kappa shape index (κ2) is 6.88. The summed E-state index contributed by atoms with van der Waals surface area (Å²) in [7, 11) is 1.94. The average molecular weight is 316 g/mol. The van der Waals surface area contributed by atoms with Crippen LogP contribution in [0.1, 0.15) is 29.7 Å². The van der Waals surface area contributed by atoms with Crippen molar-refractivity contribution in [3.8, 4) is 0 Å². The quantitative estimate of drug-likeness (QED) is 0.816. The fourth-order valence-corrected chi connectivity index (χ4v) is 2.48. The molecule has 0 aliphatic carbocycles. The number of thiocarbonyl (C=S) groups is 1. The van der Waals surface area contributed by atoms with Crippen LogP contribution in [0.3, 0.4) is 0 Å². The molecule has 0 aliphatic rings. The Morgan fingerprint density at radius 1 is 1.14 bits per heavy atom. The van der Waals surface area contributed by atoms with Gasteiger partial charge in [0.05, 0.1) is 6.04 Å². The van der Waals surface area contributed by atoms with Gasteiger partial charge in [0.2, 0.25) is 0 Å². The molecule has 2 rings (SSSR count). The Labute approximate surface area is 137 Å². The number of benzene rings is 2. The molecule has 1 unspecified atom stereocenters. The fraction of sp³-hybridized carbons (Fsp3) is 0.278. The highest BCUT2D eigenvalue weighted by Crippen LogP contribution is 2.22. The van der Waals surface area contributed by atoms with Crippen molar-refractivity contribution in [3.05, 3.63) is 65.0 Å². The largest absolute Gasteiger partial charge is 0.345 e. The lowest BCUT2D eigenvalue weighted by molar-refractivity contribution is 0.408. The Hall–Kier alpha value is -1.94. The van der Waals surface area contributed by atoms with Gasteiger partial charge in [0.15, 0.2) is 5.11 Å². The summed E-state index contributed by atoms with van der Waals surface area (Å²) in [5.74, 6) is -0.227. The van der Waals surface area contributed by atoms with Gasteiger partial charge in [0, 0.05) is 12.7 Å². The molecule has 22 heavy (non-hydrogen) atoms. The van der Waals surface area contributed by atoms with Gasteiger partial charge in [-0.25, -0.2) is 4.39 Å². The Kier molecular flexibility index (Phi) is 5.14. The number of rotatable bonds is 3. The van der Waals surface area contributed by atoms with Crippen LogP contribution in [0.4, 0.5) is 10.1 Å². The minimum absolute atomic E-state index is 0.0608. The third-order valence-electron chi connectivity index (χ3n) is 3.89. The maximum atomic E-state index is 13.0. The number of nitrogens with zero attached hydrogens (tertiary/aromatic N) is 1. The minimum Gasteiger partial charge on any atom is -0.345 e. The lowest BCUT2D eigenvalue weighted by atomic mass is 10.1. The topological polar surface area (TPSA) is 15.3 Å². The van der Waals surface area contributed by atoms with Crippen molar-refractivity contribution < 1.29 is 4.39 Å². The third-order valence-corrected chi connectivity index (χ3v) is 4.28. The predicted molar refractivity (Wildman–Crippen MR) is 94.7 cm³/mol. The molecule has 116 valence electrons. The molecule has 1 atom stereocenters. The Bertz CT molecular complexity index is 667. The molecular formula is C18H21FN2S. The van der Waals surface area contributed by atoms with E-state index in [0.717, 1.165) is 16.8 Å². The smallest absolute Gasteiger partial charge is 0.173 e. The molecule has 0 aliphatic heterocycles. The summed E-state index contributed by atoms with van der Waals surface area (Å²) in [4.78, 5) is 1.98. The van der Waals surface area contributed by atoms with E-state index in [1.807, 2.05) is 25.8 Å². The molecule has 0 heterocycles. The number of hydrogen-bond acceptors (Lipinski definition) is 1. The van der Waals surface area contributed by atoms with Crippen LogP contribution in [-0.2, 0) is 0 Å². The molecule has 0 amide bonds. The first-order valence-corrected chi connectivity index (χ1v) is 7.66.